The third-order valence-electron chi connectivity index (χ3n) is 4.50. The van der Waals surface area contributed by atoms with Gasteiger partial charge in [0.2, 0.25) is 0 Å². The van der Waals surface area contributed by atoms with Crippen molar-refractivity contribution in [2.45, 2.75) is 32.0 Å². The summed E-state index contributed by atoms with van der Waals surface area (Å²) in [6.07, 6.45) is 0.477. The SMILES string of the molecule is Cc1ccc([C@H]2C[C@H]3c4ccccc4CN3C(=O)O2)cc1. The first kappa shape index (κ1) is 12.5. The van der Waals surface area contributed by atoms with Crippen molar-refractivity contribution in [3.8, 4) is 0 Å². The van der Waals surface area contributed by atoms with E-state index in [9.17, 15) is 4.79 Å². The first-order valence-electron chi connectivity index (χ1n) is 7.34. The van der Waals surface area contributed by atoms with Gasteiger partial charge in [-0.2, -0.15) is 0 Å². The van der Waals surface area contributed by atoms with E-state index < -0.39 is 0 Å². The van der Waals surface area contributed by atoms with Gasteiger partial charge >= 0.3 is 6.09 Å². The van der Waals surface area contributed by atoms with Crippen molar-refractivity contribution in [3.05, 3.63) is 70.8 Å². The normalized spacial score (nSPS) is 23.5. The van der Waals surface area contributed by atoms with Gasteiger partial charge < -0.3 is 4.74 Å². The molecule has 2 aromatic carbocycles. The van der Waals surface area contributed by atoms with Gasteiger partial charge in [0.05, 0.1) is 6.04 Å². The molecule has 1 fully saturated rings. The summed E-state index contributed by atoms with van der Waals surface area (Å²) in [7, 11) is 0. The van der Waals surface area contributed by atoms with E-state index in [1.54, 1.807) is 0 Å². The summed E-state index contributed by atoms with van der Waals surface area (Å²) < 4.78 is 5.64. The molecule has 0 spiro atoms. The molecule has 0 saturated carbocycles. The second-order valence-corrected chi connectivity index (χ2v) is 5.86. The standard InChI is InChI=1S/C18H17NO2/c1-12-6-8-13(9-7-12)17-10-16-15-5-3-2-4-14(15)11-19(16)18(20)21-17/h2-9,16-17H,10-11H2,1H3/t16-,17+/m0/s1. The number of hydrogen-bond donors (Lipinski definition) is 0. The molecule has 1 amide bonds. The minimum Gasteiger partial charge on any atom is -0.441 e. The fraction of sp³-hybridized carbons (Fsp3) is 0.278. The van der Waals surface area contributed by atoms with Gasteiger partial charge in [0.1, 0.15) is 6.10 Å². The Kier molecular flexibility index (Phi) is 2.74. The zero-order chi connectivity index (χ0) is 14.4. The van der Waals surface area contributed by atoms with E-state index in [-0.39, 0.29) is 18.2 Å². The van der Waals surface area contributed by atoms with Crippen LogP contribution in [-0.4, -0.2) is 11.0 Å². The number of benzene rings is 2. The van der Waals surface area contributed by atoms with Crippen LogP contribution in [0.25, 0.3) is 0 Å². The van der Waals surface area contributed by atoms with Crippen LogP contribution in [0.4, 0.5) is 4.79 Å². The summed E-state index contributed by atoms with van der Waals surface area (Å²) in [5.41, 5.74) is 4.81. The second kappa shape index (κ2) is 4.62. The maximum Gasteiger partial charge on any atom is 0.411 e. The van der Waals surface area contributed by atoms with Crippen LogP contribution in [0.5, 0.6) is 0 Å². The molecule has 0 radical (unpaired) electrons. The van der Waals surface area contributed by atoms with Gasteiger partial charge in [0.25, 0.3) is 0 Å². The van der Waals surface area contributed by atoms with Crippen LogP contribution in [0.15, 0.2) is 48.5 Å². The number of fused-ring (bicyclic) bond motifs is 3. The van der Waals surface area contributed by atoms with Crippen LogP contribution < -0.4 is 0 Å². The maximum atomic E-state index is 12.3. The molecule has 21 heavy (non-hydrogen) atoms. The van der Waals surface area contributed by atoms with Gasteiger partial charge in [-0.25, -0.2) is 4.79 Å². The third-order valence-corrected chi connectivity index (χ3v) is 4.50. The van der Waals surface area contributed by atoms with E-state index in [0.717, 1.165) is 12.0 Å². The van der Waals surface area contributed by atoms with Crippen LogP contribution in [0, 0.1) is 6.92 Å². The van der Waals surface area contributed by atoms with E-state index in [4.69, 9.17) is 4.74 Å². The van der Waals surface area contributed by atoms with Gasteiger partial charge in [-0.05, 0) is 23.6 Å². The lowest BCUT2D eigenvalue weighted by Gasteiger charge is -2.35. The fourth-order valence-electron chi connectivity index (χ4n) is 3.34. The smallest absolute Gasteiger partial charge is 0.411 e. The van der Waals surface area contributed by atoms with E-state index in [1.807, 2.05) is 17.0 Å². The Balaban J connectivity index is 1.67. The molecule has 3 nitrogen and oxygen atoms in total. The van der Waals surface area contributed by atoms with Crippen molar-refractivity contribution >= 4 is 6.09 Å². The predicted molar refractivity (Wildman–Crippen MR) is 79.7 cm³/mol. The molecule has 2 heterocycles. The fourth-order valence-corrected chi connectivity index (χ4v) is 3.34. The number of rotatable bonds is 1. The maximum absolute atomic E-state index is 12.3. The summed E-state index contributed by atoms with van der Waals surface area (Å²) in [6, 6.07) is 16.7. The molecule has 1 saturated heterocycles. The van der Waals surface area contributed by atoms with E-state index in [2.05, 4.69) is 43.3 Å². The van der Waals surface area contributed by atoms with Crippen LogP contribution in [-0.2, 0) is 11.3 Å². The molecule has 0 unspecified atom stereocenters. The molecule has 3 heteroatoms. The Labute approximate surface area is 124 Å². The summed E-state index contributed by atoms with van der Waals surface area (Å²) in [5.74, 6) is 0. The Hall–Kier alpha value is -2.29. The zero-order valence-corrected chi connectivity index (χ0v) is 12.0. The number of cyclic esters (lactones) is 1. The lowest BCUT2D eigenvalue weighted by molar-refractivity contribution is 0.000619. The molecule has 0 aromatic heterocycles. The van der Waals surface area contributed by atoms with Crippen molar-refractivity contribution in [3.63, 3.8) is 0 Å². The summed E-state index contributed by atoms with van der Waals surface area (Å²) in [4.78, 5) is 14.1. The average molecular weight is 279 g/mol. The largest absolute Gasteiger partial charge is 0.441 e. The minimum atomic E-state index is -0.201. The number of carbonyl (C=O) groups excluding carboxylic acids is 1. The number of ether oxygens (including phenoxy) is 1. The highest BCUT2D eigenvalue weighted by atomic mass is 16.6. The molecule has 106 valence electrons. The molecule has 2 aliphatic heterocycles. The first-order chi connectivity index (χ1) is 10.2. The van der Waals surface area contributed by atoms with Crippen LogP contribution in [0.2, 0.25) is 0 Å². The quantitative estimate of drug-likeness (QED) is 0.785. The van der Waals surface area contributed by atoms with E-state index >= 15 is 0 Å². The topological polar surface area (TPSA) is 29.5 Å². The van der Waals surface area contributed by atoms with Crippen molar-refractivity contribution in [2.75, 3.05) is 0 Å². The second-order valence-electron chi connectivity index (χ2n) is 5.86. The molecule has 4 rings (SSSR count). The lowest BCUT2D eigenvalue weighted by Crippen LogP contribution is -2.37. The first-order valence-corrected chi connectivity index (χ1v) is 7.34. The zero-order valence-electron chi connectivity index (χ0n) is 12.0. The van der Waals surface area contributed by atoms with Gasteiger partial charge in [0.15, 0.2) is 0 Å². The van der Waals surface area contributed by atoms with E-state index in [0.29, 0.717) is 6.54 Å². The molecule has 2 aromatic rings. The molecule has 0 aliphatic carbocycles. The Morgan fingerprint density at radius 3 is 2.67 bits per heavy atom. The predicted octanol–water partition coefficient (Wildman–Crippen LogP) is 4.13. The number of nitrogens with zero attached hydrogens (tertiary/aromatic N) is 1. The number of aryl methyl sites for hydroxylation is 1. The summed E-state index contributed by atoms with van der Waals surface area (Å²) >= 11 is 0. The van der Waals surface area contributed by atoms with Gasteiger partial charge in [-0.1, -0.05) is 54.1 Å². The number of amides is 1. The van der Waals surface area contributed by atoms with Gasteiger partial charge in [-0.15, -0.1) is 0 Å². The van der Waals surface area contributed by atoms with Crippen molar-refractivity contribution in [1.82, 2.24) is 4.90 Å². The van der Waals surface area contributed by atoms with Crippen molar-refractivity contribution in [2.24, 2.45) is 0 Å². The highest BCUT2D eigenvalue weighted by Gasteiger charge is 2.41. The van der Waals surface area contributed by atoms with Gasteiger partial charge in [0, 0.05) is 13.0 Å². The Bertz CT molecular complexity index is 693. The summed E-state index contributed by atoms with van der Waals surface area (Å²) in [5, 5.41) is 0. The Morgan fingerprint density at radius 2 is 1.86 bits per heavy atom. The van der Waals surface area contributed by atoms with Crippen molar-refractivity contribution in [1.29, 1.82) is 0 Å². The van der Waals surface area contributed by atoms with Crippen LogP contribution in [0.1, 0.15) is 40.8 Å². The molecule has 0 N–H and O–H groups in total. The molecule has 2 aliphatic rings. The minimum absolute atomic E-state index is 0.147. The van der Waals surface area contributed by atoms with E-state index in [1.165, 1.54) is 16.7 Å². The third kappa shape index (κ3) is 2.00. The molecular weight excluding hydrogens is 262 g/mol. The number of carbonyl (C=O) groups is 1. The van der Waals surface area contributed by atoms with Crippen LogP contribution in [0.3, 0.4) is 0 Å². The molecular formula is C18H17NO2. The average Bonchev–Trinajstić information content (AvgIpc) is 2.87. The lowest BCUT2D eigenvalue weighted by atomic mass is 9.95. The highest BCUT2D eigenvalue weighted by Crippen LogP contribution is 2.44. The molecule has 2 atom stereocenters. The summed E-state index contributed by atoms with van der Waals surface area (Å²) in [6.45, 7) is 2.73. The molecule has 0 bridgehead atoms. The van der Waals surface area contributed by atoms with Crippen molar-refractivity contribution < 1.29 is 9.53 Å². The highest BCUT2D eigenvalue weighted by molar-refractivity contribution is 5.71. The monoisotopic (exact) mass is 279 g/mol. The van der Waals surface area contributed by atoms with Gasteiger partial charge in [-0.3, -0.25) is 4.90 Å². The number of hydrogen-bond acceptors (Lipinski definition) is 2. The van der Waals surface area contributed by atoms with Crippen LogP contribution >= 0.6 is 0 Å². The Morgan fingerprint density at radius 1 is 1.10 bits per heavy atom.